The number of ketones is 1. The van der Waals surface area contributed by atoms with Crippen LogP contribution in [0, 0.1) is 6.92 Å². The maximum atomic E-state index is 13.4. The first kappa shape index (κ1) is 22.6. The van der Waals surface area contributed by atoms with Gasteiger partial charge in [0.2, 0.25) is 16.8 Å². The molecular weight excluding hydrogens is 452 g/mol. The molecule has 0 unspecified atom stereocenters. The zero-order valence-electron chi connectivity index (χ0n) is 19.4. The van der Waals surface area contributed by atoms with Gasteiger partial charge in [-0.25, -0.2) is 12.7 Å². The van der Waals surface area contributed by atoms with E-state index >= 15 is 0 Å². The number of sulfonamides is 1. The fourth-order valence-corrected chi connectivity index (χ4v) is 5.35. The van der Waals surface area contributed by atoms with Crippen molar-refractivity contribution in [3.63, 3.8) is 0 Å². The molecule has 2 aliphatic rings. The third kappa shape index (κ3) is 3.86. The van der Waals surface area contributed by atoms with Crippen molar-refractivity contribution in [1.82, 2.24) is 9.29 Å². The van der Waals surface area contributed by atoms with Gasteiger partial charge in [0.05, 0.1) is 10.3 Å². The number of aromatic nitrogens is 1. The molecule has 0 N–H and O–H groups in total. The minimum absolute atomic E-state index is 0.145. The predicted molar refractivity (Wildman–Crippen MR) is 127 cm³/mol. The van der Waals surface area contributed by atoms with E-state index in [0.29, 0.717) is 11.5 Å². The molecule has 1 aliphatic heterocycles. The normalized spacial score (nSPS) is 16.0. The molecule has 1 saturated carbocycles. The van der Waals surface area contributed by atoms with Gasteiger partial charge in [-0.15, -0.1) is 0 Å². The SMILES string of the molecule is Cc1ncc(CC(=O)C2(c3ccc4c(c3)OCO4)CC2)cc1-c1cccc(S(=O)(=O)N(C)C)c1. The summed E-state index contributed by atoms with van der Waals surface area (Å²) < 4.78 is 37.3. The number of hydrogen-bond acceptors (Lipinski definition) is 6. The second kappa shape index (κ2) is 8.21. The smallest absolute Gasteiger partial charge is 0.242 e. The molecule has 0 radical (unpaired) electrons. The molecule has 34 heavy (non-hydrogen) atoms. The summed E-state index contributed by atoms with van der Waals surface area (Å²) >= 11 is 0. The Labute approximate surface area is 199 Å². The minimum atomic E-state index is -3.56. The largest absolute Gasteiger partial charge is 0.454 e. The van der Waals surface area contributed by atoms with Crippen LogP contribution in [0.4, 0.5) is 0 Å². The molecule has 0 bridgehead atoms. The van der Waals surface area contributed by atoms with Crippen LogP contribution in [0.25, 0.3) is 11.1 Å². The van der Waals surface area contributed by atoms with E-state index in [4.69, 9.17) is 9.47 Å². The summed E-state index contributed by atoms with van der Waals surface area (Å²) in [5.74, 6) is 1.54. The van der Waals surface area contributed by atoms with Crippen LogP contribution in [-0.4, -0.2) is 44.4 Å². The molecule has 176 valence electrons. The Balaban J connectivity index is 1.42. The number of Topliss-reactive ketones (excluding diaryl/α,β-unsaturated/α-hetero) is 1. The van der Waals surface area contributed by atoms with E-state index in [1.54, 1.807) is 24.4 Å². The Kier molecular flexibility index (Phi) is 5.45. The number of rotatable bonds is 7. The van der Waals surface area contributed by atoms with Gasteiger partial charge in [0.15, 0.2) is 11.5 Å². The van der Waals surface area contributed by atoms with Crippen molar-refractivity contribution >= 4 is 15.8 Å². The van der Waals surface area contributed by atoms with Crippen molar-refractivity contribution in [1.29, 1.82) is 0 Å². The second-order valence-electron chi connectivity index (χ2n) is 9.04. The van der Waals surface area contributed by atoms with Gasteiger partial charge in [-0.3, -0.25) is 9.78 Å². The van der Waals surface area contributed by atoms with Gasteiger partial charge in [0.1, 0.15) is 5.78 Å². The summed E-state index contributed by atoms with van der Waals surface area (Å²) in [6, 6.07) is 14.5. The first-order chi connectivity index (χ1) is 16.2. The average Bonchev–Trinajstić information content (AvgIpc) is 3.51. The van der Waals surface area contributed by atoms with E-state index in [2.05, 4.69) is 4.98 Å². The summed E-state index contributed by atoms with van der Waals surface area (Å²) in [4.78, 5) is 18.1. The van der Waals surface area contributed by atoms with Gasteiger partial charge in [0.25, 0.3) is 0 Å². The van der Waals surface area contributed by atoms with E-state index in [9.17, 15) is 13.2 Å². The zero-order valence-corrected chi connectivity index (χ0v) is 20.2. The maximum Gasteiger partial charge on any atom is 0.242 e. The molecule has 1 aromatic heterocycles. The number of hydrogen-bond donors (Lipinski definition) is 0. The number of pyridine rings is 1. The standard InChI is InChI=1S/C26H26N2O5S/c1-17-22(19-5-4-6-21(13-19)34(30,31)28(2)3)11-18(15-27-17)12-25(29)26(9-10-26)20-7-8-23-24(14-20)33-16-32-23/h4-8,11,13-15H,9-10,12,16H2,1-3H3. The lowest BCUT2D eigenvalue weighted by Gasteiger charge is -2.16. The van der Waals surface area contributed by atoms with Crippen molar-refractivity contribution in [3.8, 4) is 22.6 Å². The van der Waals surface area contributed by atoms with Gasteiger partial charge in [-0.2, -0.15) is 0 Å². The molecule has 5 rings (SSSR count). The first-order valence-electron chi connectivity index (χ1n) is 11.1. The molecule has 1 fully saturated rings. The van der Waals surface area contributed by atoms with E-state index in [1.165, 1.54) is 18.4 Å². The van der Waals surface area contributed by atoms with Crippen LogP contribution in [0.5, 0.6) is 11.5 Å². The summed E-state index contributed by atoms with van der Waals surface area (Å²) in [6.45, 7) is 2.08. The predicted octanol–water partition coefficient (Wildman–Crippen LogP) is 3.88. The molecule has 0 amide bonds. The third-order valence-corrected chi connectivity index (χ3v) is 8.45. The summed E-state index contributed by atoms with van der Waals surface area (Å²) in [5, 5.41) is 0. The second-order valence-corrected chi connectivity index (χ2v) is 11.2. The summed E-state index contributed by atoms with van der Waals surface area (Å²) in [5.41, 5.74) is 3.61. The quantitative estimate of drug-likeness (QED) is 0.512. The van der Waals surface area contributed by atoms with E-state index in [1.807, 2.05) is 37.3 Å². The minimum Gasteiger partial charge on any atom is -0.454 e. The number of nitrogens with zero attached hydrogens (tertiary/aromatic N) is 2. The molecule has 7 nitrogen and oxygen atoms in total. The fourth-order valence-electron chi connectivity index (χ4n) is 4.40. The van der Waals surface area contributed by atoms with Gasteiger partial charge in [0, 0.05) is 38.0 Å². The molecule has 0 spiro atoms. The van der Waals surface area contributed by atoms with Crippen LogP contribution in [-0.2, 0) is 26.7 Å². The van der Waals surface area contributed by atoms with Crippen LogP contribution in [0.15, 0.2) is 59.6 Å². The Bertz CT molecular complexity index is 1390. The van der Waals surface area contributed by atoms with Crippen molar-refractivity contribution < 1.29 is 22.7 Å². The van der Waals surface area contributed by atoms with Crippen LogP contribution >= 0.6 is 0 Å². The van der Waals surface area contributed by atoms with Crippen molar-refractivity contribution in [2.24, 2.45) is 0 Å². The molecule has 1 aliphatic carbocycles. The molecule has 0 saturated heterocycles. The Morgan fingerprint density at radius 3 is 2.56 bits per heavy atom. The van der Waals surface area contributed by atoms with Crippen molar-refractivity contribution in [2.75, 3.05) is 20.9 Å². The highest BCUT2D eigenvalue weighted by molar-refractivity contribution is 7.89. The van der Waals surface area contributed by atoms with Crippen LogP contribution in [0.1, 0.15) is 29.7 Å². The van der Waals surface area contributed by atoms with Gasteiger partial charge >= 0.3 is 0 Å². The number of carbonyl (C=O) groups is 1. The lowest BCUT2D eigenvalue weighted by Crippen LogP contribution is -2.22. The van der Waals surface area contributed by atoms with Crippen LogP contribution in [0.2, 0.25) is 0 Å². The maximum absolute atomic E-state index is 13.4. The topological polar surface area (TPSA) is 85.8 Å². The highest BCUT2D eigenvalue weighted by Gasteiger charge is 2.50. The Morgan fingerprint density at radius 2 is 1.82 bits per heavy atom. The lowest BCUT2D eigenvalue weighted by molar-refractivity contribution is -0.120. The molecule has 3 aromatic rings. The van der Waals surface area contributed by atoms with Crippen molar-refractivity contribution in [3.05, 3.63) is 71.5 Å². The highest BCUT2D eigenvalue weighted by Crippen LogP contribution is 2.51. The number of ether oxygens (including phenoxy) is 2. The molecule has 0 atom stereocenters. The number of aryl methyl sites for hydroxylation is 1. The van der Waals surface area contributed by atoms with Gasteiger partial charge in [-0.05, 0) is 66.8 Å². The van der Waals surface area contributed by atoms with Crippen LogP contribution in [0.3, 0.4) is 0 Å². The van der Waals surface area contributed by atoms with Gasteiger partial charge < -0.3 is 9.47 Å². The summed E-state index contributed by atoms with van der Waals surface area (Å²) in [6.07, 6.45) is 3.60. The fraction of sp³-hybridized carbons (Fsp3) is 0.308. The summed E-state index contributed by atoms with van der Waals surface area (Å²) in [7, 11) is -0.538. The molecule has 2 heterocycles. The zero-order chi connectivity index (χ0) is 24.1. The number of benzene rings is 2. The number of fused-ring (bicyclic) bond motifs is 1. The van der Waals surface area contributed by atoms with Crippen LogP contribution < -0.4 is 9.47 Å². The van der Waals surface area contributed by atoms with E-state index < -0.39 is 15.4 Å². The Morgan fingerprint density at radius 1 is 1.06 bits per heavy atom. The molecule has 8 heteroatoms. The molecular formula is C26H26N2O5S. The van der Waals surface area contributed by atoms with E-state index in [-0.39, 0.29) is 23.9 Å². The monoisotopic (exact) mass is 478 g/mol. The van der Waals surface area contributed by atoms with Gasteiger partial charge in [-0.1, -0.05) is 18.2 Å². The van der Waals surface area contributed by atoms with Crippen molar-refractivity contribution in [2.45, 2.75) is 36.5 Å². The lowest BCUT2D eigenvalue weighted by atomic mass is 9.87. The first-order valence-corrected chi connectivity index (χ1v) is 12.6. The Hall–Kier alpha value is -3.23. The molecule has 2 aromatic carbocycles. The van der Waals surface area contributed by atoms with E-state index in [0.717, 1.165) is 40.8 Å². The average molecular weight is 479 g/mol. The number of carbonyl (C=O) groups excluding carboxylic acids is 1. The highest BCUT2D eigenvalue weighted by atomic mass is 32.2. The third-order valence-electron chi connectivity index (χ3n) is 6.64.